The Morgan fingerprint density at radius 2 is 1.74 bits per heavy atom. The predicted molar refractivity (Wildman–Crippen MR) is 99.9 cm³/mol. The van der Waals surface area contributed by atoms with Gasteiger partial charge in [-0.3, -0.25) is 0 Å². The minimum Gasteiger partial charge on any atom is -0.392 e. The maximum Gasteiger partial charge on any atom is 0.123 e. The van der Waals surface area contributed by atoms with E-state index in [9.17, 15) is 5.11 Å². The molecule has 23 heavy (non-hydrogen) atoms. The molecule has 0 fully saturated rings. The highest BCUT2D eigenvalue weighted by Gasteiger charge is 2.19. The Bertz CT molecular complexity index is 581. The second-order valence-electron chi connectivity index (χ2n) is 5.47. The van der Waals surface area contributed by atoms with Gasteiger partial charge in [-0.1, -0.05) is 43.3 Å². The zero-order chi connectivity index (χ0) is 15.2. The first-order valence-corrected chi connectivity index (χ1v) is 7.27. The summed E-state index contributed by atoms with van der Waals surface area (Å²) in [6.07, 6.45) is 1.94. The molecule has 0 radical (unpaired) electrons. The Kier molecular flexibility index (Phi) is 9.84. The molecule has 5 N–H and O–H groups in total. The molecular weight excluding hydrogens is 333 g/mol. The second-order valence-corrected chi connectivity index (χ2v) is 5.47. The highest BCUT2D eigenvalue weighted by Crippen LogP contribution is 2.25. The van der Waals surface area contributed by atoms with Gasteiger partial charge in [0.1, 0.15) is 5.82 Å². The molecule has 0 spiro atoms. The first-order chi connectivity index (χ1) is 10.1. The molecule has 0 aliphatic carbocycles. The summed E-state index contributed by atoms with van der Waals surface area (Å²) in [6.45, 7) is 2.04. The van der Waals surface area contributed by atoms with Gasteiger partial charge in [-0.25, -0.2) is 4.98 Å². The number of aliphatic hydroxyl groups excluding tert-OH is 1. The van der Waals surface area contributed by atoms with Crippen LogP contribution < -0.4 is 11.5 Å². The molecule has 2 unspecified atom stereocenters. The van der Waals surface area contributed by atoms with E-state index in [2.05, 4.69) is 24.0 Å². The number of anilines is 1. The summed E-state index contributed by atoms with van der Waals surface area (Å²) in [6, 6.07) is 13.6. The van der Waals surface area contributed by atoms with Crippen LogP contribution in [0.4, 0.5) is 5.82 Å². The SMILES string of the molecule is CC(CCc1ccccc1)C(N)c1nc(N)ccc1CO.Cl.Cl. The summed E-state index contributed by atoms with van der Waals surface area (Å²) in [5.41, 5.74) is 14.8. The Labute approximate surface area is 150 Å². The lowest BCUT2D eigenvalue weighted by Crippen LogP contribution is -2.23. The number of aromatic nitrogens is 1. The van der Waals surface area contributed by atoms with Crippen LogP contribution in [0.2, 0.25) is 0 Å². The highest BCUT2D eigenvalue weighted by molar-refractivity contribution is 5.85. The fourth-order valence-corrected chi connectivity index (χ4v) is 2.43. The van der Waals surface area contributed by atoms with Crippen LogP contribution in [0.3, 0.4) is 0 Å². The van der Waals surface area contributed by atoms with Crippen LogP contribution in [0.25, 0.3) is 0 Å². The van der Waals surface area contributed by atoms with Gasteiger partial charge in [-0.15, -0.1) is 24.8 Å². The van der Waals surface area contributed by atoms with Crippen LogP contribution >= 0.6 is 24.8 Å². The van der Waals surface area contributed by atoms with E-state index in [4.69, 9.17) is 11.5 Å². The van der Waals surface area contributed by atoms with E-state index < -0.39 is 0 Å². The number of nitrogens with zero attached hydrogens (tertiary/aromatic N) is 1. The van der Waals surface area contributed by atoms with Crippen LogP contribution in [0, 0.1) is 5.92 Å². The Balaban J connectivity index is 0.00000242. The molecule has 0 aliphatic rings. The summed E-state index contributed by atoms with van der Waals surface area (Å²) in [5.74, 6) is 0.692. The van der Waals surface area contributed by atoms with Crippen LogP contribution in [-0.2, 0) is 13.0 Å². The molecule has 128 valence electrons. The average molecular weight is 358 g/mol. The van der Waals surface area contributed by atoms with Crippen molar-refractivity contribution < 1.29 is 5.11 Å². The summed E-state index contributed by atoms with van der Waals surface area (Å²) in [7, 11) is 0. The van der Waals surface area contributed by atoms with Crippen molar-refractivity contribution >= 4 is 30.6 Å². The normalized spacial score (nSPS) is 12.7. The van der Waals surface area contributed by atoms with Crippen LogP contribution in [-0.4, -0.2) is 10.1 Å². The number of hydrogen-bond acceptors (Lipinski definition) is 4. The summed E-state index contributed by atoms with van der Waals surface area (Å²) < 4.78 is 0. The Hall–Kier alpha value is -1.33. The van der Waals surface area contributed by atoms with Gasteiger partial charge >= 0.3 is 0 Å². The van der Waals surface area contributed by atoms with Gasteiger partial charge in [0.25, 0.3) is 0 Å². The monoisotopic (exact) mass is 357 g/mol. The molecule has 1 aromatic heterocycles. The zero-order valence-corrected chi connectivity index (χ0v) is 14.8. The third-order valence-corrected chi connectivity index (χ3v) is 3.86. The molecule has 1 heterocycles. The molecular formula is C17H25Cl2N3O. The van der Waals surface area contributed by atoms with E-state index in [1.807, 2.05) is 18.2 Å². The maximum absolute atomic E-state index is 9.41. The number of benzene rings is 1. The lowest BCUT2D eigenvalue weighted by molar-refractivity contribution is 0.277. The number of hydrogen-bond donors (Lipinski definition) is 3. The number of pyridine rings is 1. The third-order valence-electron chi connectivity index (χ3n) is 3.86. The standard InChI is InChI=1S/C17H23N3O.2ClH/c1-12(7-8-13-5-3-2-4-6-13)16(19)17-14(11-21)9-10-15(18)20-17;;/h2-6,9-10,12,16,21H,7-8,11,19H2,1H3,(H2,18,20);2*1H. The first-order valence-electron chi connectivity index (χ1n) is 7.27. The Morgan fingerprint density at radius 3 is 2.35 bits per heavy atom. The van der Waals surface area contributed by atoms with E-state index in [1.165, 1.54) is 5.56 Å². The number of rotatable bonds is 6. The lowest BCUT2D eigenvalue weighted by atomic mass is 9.91. The predicted octanol–water partition coefficient (Wildman–Crippen LogP) is 3.27. The maximum atomic E-state index is 9.41. The van der Waals surface area contributed by atoms with Crippen molar-refractivity contribution in [2.24, 2.45) is 11.7 Å². The van der Waals surface area contributed by atoms with Gasteiger partial charge in [-0.05, 0) is 30.4 Å². The Morgan fingerprint density at radius 1 is 1.09 bits per heavy atom. The highest BCUT2D eigenvalue weighted by atomic mass is 35.5. The fraction of sp³-hybridized carbons (Fsp3) is 0.353. The van der Waals surface area contributed by atoms with Gasteiger partial charge in [0.05, 0.1) is 18.3 Å². The summed E-state index contributed by atoms with van der Waals surface area (Å²) in [4.78, 5) is 4.31. The van der Waals surface area contributed by atoms with Crippen molar-refractivity contribution in [1.82, 2.24) is 4.98 Å². The topological polar surface area (TPSA) is 85.2 Å². The molecule has 0 saturated carbocycles. The summed E-state index contributed by atoms with van der Waals surface area (Å²) >= 11 is 0. The van der Waals surface area contributed by atoms with E-state index in [1.54, 1.807) is 12.1 Å². The molecule has 0 aliphatic heterocycles. The molecule has 2 atom stereocenters. The largest absolute Gasteiger partial charge is 0.392 e. The number of nitrogens with two attached hydrogens (primary N) is 2. The zero-order valence-electron chi connectivity index (χ0n) is 13.2. The smallest absolute Gasteiger partial charge is 0.123 e. The van der Waals surface area contributed by atoms with E-state index in [0.717, 1.165) is 18.4 Å². The number of aliphatic hydroxyl groups is 1. The van der Waals surface area contributed by atoms with Gasteiger partial charge in [-0.2, -0.15) is 0 Å². The van der Waals surface area contributed by atoms with Gasteiger partial charge in [0.15, 0.2) is 0 Å². The lowest BCUT2D eigenvalue weighted by Gasteiger charge is -2.21. The third kappa shape index (κ3) is 5.99. The van der Waals surface area contributed by atoms with Crippen molar-refractivity contribution in [3.05, 3.63) is 59.3 Å². The molecule has 6 heteroatoms. The molecule has 2 aromatic rings. The molecule has 4 nitrogen and oxygen atoms in total. The van der Waals surface area contributed by atoms with E-state index in [-0.39, 0.29) is 43.4 Å². The van der Waals surface area contributed by atoms with Crippen LogP contribution in [0.15, 0.2) is 42.5 Å². The van der Waals surface area contributed by atoms with Crippen LogP contribution in [0.5, 0.6) is 0 Å². The van der Waals surface area contributed by atoms with E-state index in [0.29, 0.717) is 11.5 Å². The van der Waals surface area contributed by atoms with Gasteiger partial charge in [0, 0.05) is 5.56 Å². The average Bonchev–Trinajstić information content (AvgIpc) is 2.52. The fourth-order valence-electron chi connectivity index (χ4n) is 2.43. The van der Waals surface area contributed by atoms with E-state index >= 15 is 0 Å². The van der Waals surface area contributed by atoms with Crippen molar-refractivity contribution in [1.29, 1.82) is 0 Å². The molecule has 0 amide bonds. The summed E-state index contributed by atoms with van der Waals surface area (Å²) in [5, 5.41) is 9.41. The molecule has 2 rings (SSSR count). The van der Waals surface area contributed by atoms with Crippen molar-refractivity contribution in [3.8, 4) is 0 Å². The molecule has 0 bridgehead atoms. The quantitative estimate of drug-likeness (QED) is 0.740. The van der Waals surface area contributed by atoms with Crippen LogP contribution in [0.1, 0.15) is 36.2 Å². The second kappa shape index (κ2) is 10.4. The van der Waals surface area contributed by atoms with Crippen molar-refractivity contribution in [3.63, 3.8) is 0 Å². The number of nitrogen functional groups attached to an aromatic ring is 1. The number of halogens is 2. The first kappa shape index (κ1) is 21.7. The number of aryl methyl sites for hydroxylation is 1. The molecule has 0 saturated heterocycles. The molecule has 1 aromatic carbocycles. The minimum absolute atomic E-state index is 0. The van der Waals surface area contributed by atoms with Gasteiger partial charge < -0.3 is 16.6 Å². The van der Waals surface area contributed by atoms with Gasteiger partial charge in [0.2, 0.25) is 0 Å². The minimum atomic E-state index is -0.223. The van der Waals surface area contributed by atoms with Crippen molar-refractivity contribution in [2.45, 2.75) is 32.4 Å². The van der Waals surface area contributed by atoms with Crippen molar-refractivity contribution in [2.75, 3.05) is 5.73 Å².